The lowest BCUT2D eigenvalue weighted by atomic mass is 9.79. The van der Waals surface area contributed by atoms with Gasteiger partial charge in [-0.15, -0.1) is 0 Å². The molecule has 0 amide bonds. The van der Waals surface area contributed by atoms with Crippen molar-refractivity contribution >= 4 is 30.6 Å². The third-order valence-corrected chi connectivity index (χ3v) is 4.89. The number of carbonyl (C=O) groups excluding carboxylic acids is 2. The summed E-state index contributed by atoms with van der Waals surface area (Å²) in [6, 6.07) is 7.26. The van der Waals surface area contributed by atoms with Gasteiger partial charge < -0.3 is 18.8 Å². The Morgan fingerprint density at radius 3 is 1.73 bits per heavy atom. The van der Waals surface area contributed by atoms with Crippen LogP contribution < -0.4 is 5.46 Å². The van der Waals surface area contributed by atoms with Crippen LogP contribution in [-0.2, 0) is 28.4 Å². The summed E-state index contributed by atoms with van der Waals surface area (Å²) in [4.78, 5) is 24.0. The lowest BCUT2D eigenvalue weighted by Gasteiger charge is -2.32. The van der Waals surface area contributed by atoms with E-state index in [9.17, 15) is 9.59 Å². The molecule has 0 N–H and O–H groups in total. The van der Waals surface area contributed by atoms with E-state index in [0.717, 1.165) is 5.46 Å². The highest BCUT2D eigenvalue weighted by atomic mass is 16.7. The zero-order valence-electron chi connectivity index (χ0n) is 15.9. The van der Waals surface area contributed by atoms with Crippen molar-refractivity contribution in [1.82, 2.24) is 0 Å². The van der Waals surface area contributed by atoms with Crippen LogP contribution in [0.25, 0.3) is 6.08 Å². The SMILES string of the molecule is CC1(C)OC(=O)C(=Cc2ccc(B3OC(C)(C)C(C)(C)O3)cc2)C(=O)O1. The number of hydrogen-bond donors (Lipinski definition) is 0. The highest BCUT2D eigenvalue weighted by Crippen LogP contribution is 2.36. The van der Waals surface area contributed by atoms with Gasteiger partial charge in [-0.25, -0.2) is 9.59 Å². The van der Waals surface area contributed by atoms with E-state index in [1.165, 1.54) is 19.9 Å². The number of benzene rings is 1. The summed E-state index contributed by atoms with van der Waals surface area (Å²) in [6.45, 7) is 11.0. The van der Waals surface area contributed by atoms with Gasteiger partial charge in [0.1, 0.15) is 5.57 Å². The molecule has 138 valence electrons. The van der Waals surface area contributed by atoms with Crippen LogP contribution >= 0.6 is 0 Å². The number of rotatable bonds is 2. The van der Waals surface area contributed by atoms with Gasteiger partial charge in [0.05, 0.1) is 11.2 Å². The lowest BCUT2D eigenvalue weighted by molar-refractivity contribution is -0.222. The normalized spacial score (nSPS) is 23.5. The number of hydrogen-bond acceptors (Lipinski definition) is 6. The van der Waals surface area contributed by atoms with Crippen LogP contribution in [-0.4, -0.2) is 36.0 Å². The molecule has 0 bridgehead atoms. The fourth-order valence-corrected chi connectivity index (χ4v) is 2.67. The molecule has 26 heavy (non-hydrogen) atoms. The summed E-state index contributed by atoms with van der Waals surface area (Å²) in [5.74, 6) is -2.63. The second-order valence-corrected chi connectivity index (χ2v) is 7.99. The van der Waals surface area contributed by atoms with Gasteiger partial charge in [0.2, 0.25) is 0 Å². The standard InChI is InChI=1S/C19H23BO6/c1-17(2)18(3,4)26-20(25-17)13-9-7-12(8-10-13)11-14-15(21)23-19(5,6)24-16(14)22/h7-11H,1-6H3. The minimum Gasteiger partial charge on any atom is -0.419 e. The van der Waals surface area contributed by atoms with E-state index in [0.29, 0.717) is 5.56 Å². The molecule has 2 aliphatic rings. The molecule has 0 radical (unpaired) electrons. The number of ether oxygens (including phenoxy) is 2. The first-order valence-corrected chi connectivity index (χ1v) is 8.54. The number of cyclic esters (lactones) is 2. The molecule has 0 aromatic heterocycles. The Kier molecular flexibility index (Phi) is 4.28. The van der Waals surface area contributed by atoms with Crippen LogP contribution in [0.15, 0.2) is 29.8 Å². The Morgan fingerprint density at radius 1 is 0.808 bits per heavy atom. The highest BCUT2D eigenvalue weighted by molar-refractivity contribution is 6.62. The average molecular weight is 358 g/mol. The minimum atomic E-state index is -1.24. The maximum atomic E-state index is 12.0. The maximum Gasteiger partial charge on any atom is 0.494 e. The molecule has 2 aliphatic heterocycles. The van der Waals surface area contributed by atoms with E-state index in [4.69, 9.17) is 18.8 Å². The molecule has 2 heterocycles. The second kappa shape index (κ2) is 5.96. The van der Waals surface area contributed by atoms with E-state index in [1.807, 2.05) is 39.8 Å². The number of esters is 2. The molecule has 0 saturated carbocycles. The van der Waals surface area contributed by atoms with E-state index in [1.54, 1.807) is 12.1 Å². The molecule has 3 rings (SSSR count). The fourth-order valence-electron chi connectivity index (χ4n) is 2.67. The van der Waals surface area contributed by atoms with Gasteiger partial charge in [-0.1, -0.05) is 24.3 Å². The third kappa shape index (κ3) is 3.41. The van der Waals surface area contributed by atoms with Crippen LogP contribution in [0.4, 0.5) is 0 Å². The van der Waals surface area contributed by atoms with E-state index >= 15 is 0 Å². The summed E-state index contributed by atoms with van der Waals surface area (Å²) < 4.78 is 22.2. The predicted octanol–water partition coefficient (Wildman–Crippen LogP) is 2.21. The van der Waals surface area contributed by atoms with Crippen molar-refractivity contribution in [3.05, 3.63) is 35.4 Å². The summed E-state index contributed by atoms with van der Waals surface area (Å²) >= 11 is 0. The van der Waals surface area contributed by atoms with Crippen LogP contribution in [0.1, 0.15) is 47.1 Å². The van der Waals surface area contributed by atoms with Gasteiger partial charge in [0, 0.05) is 13.8 Å². The first-order valence-electron chi connectivity index (χ1n) is 8.54. The van der Waals surface area contributed by atoms with Gasteiger partial charge in [-0.2, -0.15) is 0 Å². The van der Waals surface area contributed by atoms with Crippen LogP contribution in [0.2, 0.25) is 0 Å². The van der Waals surface area contributed by atoms with Crippen molar-refractivity contribution < 1.29 is 28.4 Å². The quantitative estimate of drug-likeness (QED) is 0.349. The van der Waals surface area contributed by atoms with Gasteiger partial charge in [0.15, 0.2) is 0 Å². The topological polar surface area (TPSA) is 71.1 Å². The molecule has 0 spiro atoms. The second-order valence-electron chi connectivity index (χ2n) is 7.99. The third-order valence-electron chi connectivity index (χ3n) is 4.89. The van der Waals surface area contributed by atoms with E-state index < -0.39 is 36.0 Å². The first-order chi connectivity index (χ1) is 11.9. The largest absolute Gasteiger partial charge is 0.494 e. The van der Waals surface area contributed by atoms with Crippen molar-refractivity contribution in [2.75, 3.05) is 0 Å². The summed E-state index contributed by atoms with van der Waals surface area (Å²) in [6.07, 6.45) is 1.45. The van der Waals surface area contributed by atoms with Crippen molar-refractivity contribution in [2.45, 2.75) is 58.5 Å². The van der Waals surface area contributed by atoms with Crippen molar-refractivity contribution in [3.8, 4) is 0 Å². The van der Waals surface area contributed by atoms with Gasteiger partial charge in [-0.05, 0) is 44.8 Å². The molecule has 7 heteroatoms. The van der Waals surface area contributed by atoms with Crippen LogP contribution in [0.5, 0.6) is 0 Å². The Bertz CT molecular complexity index is 738. The predicted molar refractivity (Wildman–Crippen MR) is 96.4 cm³/mol. The van der Waals surface area contributed by atoms with E-state index in [2.05, 4.69) is 0 Å². The summed E-state index contributed by atoms with van der Waals surface area (Å²) in [5.41, 5.74) is 0.573. The van der Waals surface area contributed by atoms with Crippen molar-refractivity contribution in [2.24, 2.45) is 0 Å². The van der Waals surface area contributed by atoms with E-state index in [-0.39, 0.29) is 5.57 Å². The smallest absolute Gasteiger partial charge is 0.419 e. The Hall–Kier alpha value is -2.12. The maximum absolute atomic E-state index is 12.0. The summed E-state index contributed by atoms with van der Waals surface area (Å²) in [7, 11) is -0.466. The molecule has 1 aromatic rings. The van der Waals surface area contributed by atoms with Gasteiger partial charge >= 0.3 is 19.1 Å². The molecule has 0 unspecified atom stereocenters. The Morgan fingerprint density at radius 2 is 1.27 bits per heavy atom. The molecular formula is C19H23BO6. The fraction of sp³-hybridized carbons (Fsp3) is 0.474. The molecule has 0 atom stereocenters. The Labute approximate surface area is 153 Å². The molecule has 2 fully saturated rings. The first kappa shape index (κ1) is 18.7. The molecular weight excluding hydrogens is 335 g/mol. The Balaban J connectivity index is 1.79. The lowest BCUT2D eigenvalue weighted by Crippen LogP contribution is -2.41. The van der Waals surface area contributed by atoms with Gasteiger partial charge in [0.25, 0.3) is 5.79 Å². The summed E-state index contributed by atoms with van der Waals surface area (Å²) in [5, 5.41) is 0. The van der Waals surface area contributed by atoms with Crippen LogP contribution in [0.3, 0.4) is 0 Å². The van der Waals surface area contributed by atoms with Gasteiger partial charge in [-0.3, -0.25) is 0 Å². The highest BCUT2D eigenvalue weighted by Gasteiger charge is 2.51. The van der Waals surface area contributed by atoms with Crippen molar-refractivity contribution in [1.29, 1.82) is 0 Å². The molecule has 6 nitrogen and oxygen atoms in total. The van der Waals surface area contributed by atoms with Crippen LogP contribution in [0, 0.1) is 0 Å². The zero-order valence-corrected chi connectivity index (χ0v) is 15.9. The molecule has 0 aliphatic carbocycles. The molecule has 1 aromatic carbocycles. The molecule has 2 saturated heterocycles. The van der Waals surface area contributed by atoms with Crippen molar-refractivity contribution in [3.63, 3.8) is 0 Å². The monoisotopic (exact) mass is 358 g/mol. The average Bonchev–Trinajstić information content (AvgIpc) is 2.71. The zero-order chi connectivity index (χ0) is 19.3. The number of carbonyl (C=O) groups is 2. The minimum absolute atomic E-state index is 0.132.